The molecule has 2 aromatic rings. The molecule has 0 saturated carbocycles. The van der Waals surface area contributed by atoms with Crippen molar-refractivity contribution in [3.63, 3.8) is 0 Å². The molecule has 0 aliphatic carbocycles. The zero-order valence-corrected chi connectivity index (χ0v) is 10.2. The van der Waals surface area contributed by atoms with Crippen LogP contribution in [0.4, 0.5) is 17.5 Å². The molecule has 1 amide bonds. The average Bonchev–Trinajstić information content (AvgIpc) is 2.49. The third-order valence-electron chi connectivity index (χ3n) is 2.38. The van der Waals surface area contributed by atoms with Crippen LogP contribution >= 0.6 is 0 Å². The first-order valence-electron chi connectivity index (χ1n) is 5.47. The van der Waals surface area contributed by atoms with Crippen LogP contribution in [0.1, 0.15) is 16.1 Å². The van der Waals surface area contributed by atoms with Gasteiger partial charge in [0.1, 0.15) is 6.07 Å². The van der Waals surface area contributed by atoms with E-state index in [1.54, 1.807) is 36.4 Å². The fourth-order valence-electron chi connectivity index (χ4n) is 1.46. The van der Waals surface area contributed by atoms with Crippen molar-refractivity contribution in [2.75, 3.05) is 11.1 Å². The molecule has 0 spiro atoms. The third kappa shape index (κ3) is 2.52. The van der Waals surface area contributed by atoms with Crippen LogP contribution in [0.15, 0.2) is 30.3 Å². The second kappa shape index (κ2) is 5.46. The molecule has 0 aliphatic heterocycles. The van der Waals surface area contributed by atoms with Crippen LogP contribution in [0.25, 0.3) is 4.85 Å². The Hall–Kier alpha value is -3.45. The number of nitrogens with one attached hydrogen (secondary N) is 1. The Kier molecular flexibility index (Phi) is 3.55. The van der Waals surface area contributed by atoms with Crippen molar-refractivity contribution in [1.29, 1.82) is 5.26 Å². The van der Waals surface area contributed by atoms with E-state index in [2.05, 4.69) is 20.1 Å². The Morgan fingerprint density at radius 2 is 2.05 bits per heavy atom. The number of carbonyl (C=O) groups excluding carboxylic acids is 1. The van der Waals surface area contributed by atoms with Gasteiger partial charge in [-0.25, -0.2) is 4.98 Å². The molecule has 1 aromatic carbocycles. The molecule has 3 N–H and O–H groups in total. The Balaban J connectivity index is 2.37. The molecular formula is C13H8N6O. The lowest BCUT2D eigenvalue weighted by Gasteiger charge is -2.04. The molecule has 0 fully saturated rings. The monoisotopic (exact) mass is 264 g/mol. The van der Waals surface area contributed by atoms with Gasteiger partial charge in [0, 0.05) is 5.56 Å². The van der Waals surface area contributed by atoms with Crippen molar-refractivity contribution >= 4 is 23.4 Å². The maximum absolute atomic E-state index is 12.0. The van der Waals surface area contributed by atoms with E-state index in [0.717, 1.165) is 0 Å². The minimum absolute atomic E-state index is 0.0819. The number of benzene rings is 1. The van der Waals surface area contributed by atoms with Crippen LogP contribution < -0.4 is 11.1 Å². The standard InChI is InChI=1S/C13H8N6O/c1-16-12-10(15)17-9(7-14)11(18-12)19-13(20)8-5-3-2-4-6-8/h2-6H,(H2,15,17)(H,18,19,20). The van der Waals surface area contributed by atoms with Gasteiger partial charge in [-0.2, -0.15) is 5.26 Å². The predicted octanol–water partition coefficient (Wildman–Crippen LogP) is 1.73. The van der Waals surface area contributed by atoms with Crippen molar-refractivity contribution in [3.8, 4) is 6.07 Å². The summed E-state index contributed by atoms with van der Waals surface area (Å²) in [5, 5.41) is 11.4. The third-order valence-corrected chi connectivity index (χ3v) is 2.38. The molecule has 1 heterocycles. The Morgan fingerprint density at radius 1 is 1.35 bits per heavy atom. The summed E-state index contributed by atoms with van der Waals surface area (Å²) in [6.45, 7) is 6.90. The number of amides is 1. The zero-order valence-electron chi connectivity index (χ0n) is 10.2. The van der Waals surface area contributed by atoms with Crippen LogP contribution in [-0.4, -0.2) is 15.9 Å². The van der Waals surface area contributed by atoms with Crippen molar-refractivity contribution in [2.24, 2.45) is 0 Å². The van der Waals surface area contributed by atoms with E-state index >= 15 is 0 Å². The topological polar surface area (TPSA) is 109 Å². The summed E-state index contributed by atoms with van der Waals surface area (Å²) in [6, 6.07) is 10.2. The normalized spacial score (nSPS) is 9.30. The molecular weight excluding hydrogens is 256 g/mol. The number of hydrogen-bond acceptors (Lipinski definition) is 5. The van der Waals surface area contributed by atoms with Crippen molar-refractivity contribution < 1.29 is 4.79 Å². The van der Waals surface area contributed by atoms with Crippen LogP contribution in [0, 0.1) is 17.9 Å². The van der Waals surface area contributed by atoms with Crippen molar-refractivity contribution in [2.45, 2.75) is 0 Å². The molecule has 0 atom stereocenters. The van der Waals surface area contributed by atoms with Crippen LogP contribution in [0.2, 0.25) is 0 Å². The van der Waals surface area contributed by atoms with Gasteiger partial charge >= 0.3 is 5.82 Å². The average molecular weight is 264 g/mol. The lowest BCUT2D eigenvalue weighted by atomic mass is 10.2. The van der Waals surface area contributed by atoms with Crippen LogP contribution in [0.3, 0.4) is 0 Å². The molecule has 0 aliphatic rings. The minimum atomic E-state index is -0.447. The summed E-state index contributed by atoms with van der Waals surface area (Å²) in [6.07, 6.45) is 0. The quantitative estimate of drug-likeness (QED) is 0.803. The Bertz CT molecular complexity index is 742. The molecule has 7 nitrogen and oxygen atoms in total. The molecule has 1 aromatic heterocycles. The number of nitriles is 1. The summed E-state index contributed by atoms with van der Waals surface area (Å²) in [5.74, 6) is -0.833. The van der Waals surface area contributed by atoms with Gasteiger partial charge in [0.05, 0.1) is 0 Å². The molecule has 96 valence electrons. The molecule has 0 unspecified atom stereocenters. The van der Waals surface area contributed by atoms with Gasteiger partial charge < -0.3 is 10.6 Å². The first kappa shape index (κ1) is 13.0. The lowest BCUT2D eigenvalue weighted by Crippen LogP contribution is -2.15. The summed E-state index contributed by atoms with van der Waals surface area (Å²) in [7, 11) is 0. The number of nitrogens with zero attached hydrogens (tertiary/aromatic N) is 4. The highest BCUT2D eigenvalue weighted by atomic mass is 16.1. The number of anilines is 2. The van der Waals surface area contributed by atoms with E-state index < -0.39 is 5.91 Å². The number of carbonyl (C=O) groups is 1. The predicted molar refractivity (Wildman–Crippen MR) is 71.8 cm³/mol. The van der Waals surface area contributed by atoms with Gasteiger partial charge in [0.2, 0.25) is 5.69 Å². The van der Waals surface area contributed by atoms with Gasteiger partial charge in [-0.05, 0) is 12.1 Å². The van der Waals surface area contributed by atoms with Crippen molar-refractivity contribution in [3.05, 3.63) is 53.0 Å². The highest BCUT2D eigenvalue weighted by molar-refractivity contribution is 6.04. The van der Waals surface area contributed by atoms with Crippen LogP contribution in [-0.2, 0) is 0 Å². The van der Waals surface area contributed by atoms with E-state index in [-0.39, 0.29) is 23.1 Å². The lowest BCUT2D eigenvalue weighted by molar-refractivity contribution is 0.102. The summed E-state index contributed by atoms with van der Waals surface area (Å²) in [4.78, 5) is 22.6. The van der Waals surface area contributed by atoms with Gasteiger partial charge in [0.25, 0.3) is 11.7 Å². The Labute approximate surface area is 114 Å². The molecule has 20 heavy (non-hydrogen) atoms. The van der Waals surface area contributed by atoms with E-state index in [0.29, 0.717) is 5.56 Å². The summed E-state index contributed by atoms with van der Waals surface area (Å²) >= 11 is 0. The molecule has 7 heteroatoms. The van der Waals surface area contributed by atoms with E-state index in [4.69, 9.17) is 17.6 Å². The highest BCUT2D eigenvalue weighted by Crippen LogP contribution is 2.22. The fourth-order valence-corrected chi connectivity index (χ4v) is 1.46. The number of hydrogen-bond donors (Lipinski definition) is 2. The Morgan fingerprint density at radius 3 is 2.65 bits per heavy atom. The first-order valence-corrected chi connectivity index (χ1v) is 5.47. The van der Waals surface area contributed by atoms with E-state index in [9.17, 15) is 4.79 Å². The number of nitrogens with two attached hydrogens (primary N) is 1. The largest absolute Gasteiger partial charge is 0.391 e. The smallest absolute Gasteiger partial charge is 0.313 e. The van der Waals surface area contributed by atoms with E-state index in [1.165, 1.54) is 0 Å². The van der Waals surface area contributed by atoms with Crippen LogP contribution in [0.5, 0.6) is 0 Å². The number of rotatable bonds is 2. The van der Waals surface area contributed by atoms with E-state index in [1.807, 2.05) is 0 Å². The number of aromatic nitrogens is 2. The molecule has 0 radical (unpaired) electrons. The second-order valence-electron chi connectivity index (χ2n) is 3.67. The maximum Gasteiger partial charge on any atom is 0.313 e. The second-order valence-corrected chi connectivity index (χ2v) is 3.67. The first-order chi connectivity index (χ1) is 9.65. The molecule has 0 bridgehead atoms. The van der Waals surface area contributed by atoms with Gasteiger partial charge in [-0.3, -0.25) is 10.1 Å². The van der Waals surface area contributed by atoms with Crippen molar-refractivity contribution in [1.82, 2.24) is 9.97 Å². The minimum Gasteiger partial charge on any atom is -0.391 e. The maximum atomic E-state index is 12.0. The highest BCUT2D eigenvalue weighted by Gasteiger charge is 2.17. The molecule has 2 rings (SSSR count). The summed E-state index contributed by atoms with van der Waals surface area (Å²) in [5.41, 5.74) is 5.73. The number of nitrogen functional groups attached to an aromatic ring is 1. The SMILES string of the molecule is [C-]#[N+]c1nc(NC(=O)c2ccccc2)c(C#N)nc1N. The van der Waals surface area contributed by atoms with Gasteiger partial charge in [0.15, 0.2) is 5.82 Å². The fraction of sp³-hybridized carbons (Fsp3) is 0. The zero-order chi connectivity index (χ0) is 14.5. The summed E-state index contributed by atoms with van der Waals surface area (Å²) < 4.78 is 0. The van der Waals surface area contributed by atoms with Gasteiger partial charge in [-0.15, -0.1) is 0 Å². The van der Waals surface area contributed by atoms with Gasteiger partial charge in [-0.1, -0.05) is 29.8 Å². The molecule has 0 saturated heterocycles.